The van der Waals surface area contributed by atoms with Gasteiger partial charge >= 0.3 is 0 Å². The van der Waals surface area contributed by atoms with E-state index < -0.39 is 0 Å². The van der Waals surface area contributed by atoms with Crippen LogP contribution in [0, 0.1) is 0 Å². The van der Waals surface area contributed by atoms with Gasteiger partial charge in [0.2, 0.25) is 0 Å². The molecule has 0 aromatic carbocycles. The molecule has 0 aromatic rings. The molecule has 0 fully saturated rings. The van der Waals surface area contributed by atoms with Crippen LogP contribution in [0.2, 0.25) is 0 Å². The van der Waals surface area contributed by atoms with E-state index in [4.69, 9.17) is 0 Å². The molecule has 0 nitrogen and oxygen atoms in total. The highest BCUT2D eigenvalue weighted by molar-refractivity contribution is 5.47. The molecule has 15 heavy (non-hydrogen) atoms. The van der Waals surface area contributed by atoms with Gasteiger partial charge in [0.25, 0.3) is 0 Å². The van der Waals surface area contributed by atoms with Crippen LogP contribution >= 0.6 is 0 Å². The first kappa shape index (κ1) is 13.7. The van der Waals surface area contributed by atoms with Crippen LogP contribution in [0.3, 0.4) is 0 Å². The molecular weight excluding hydrogens is 180 g/mol. The summed E-state index contributed by atoms with van der Waals surface area (Å²) in [6.45, 7) is 12.1. The summed E-state index contributed by atoms with van der Waals surface area (Å²) in [6.07, 6.45) is 13.8. The zero-order chi connectivity index (χ0) is 11.7. The highest BCUT2D eigenvalue weighted by atomic mass is 14.0. The molecule has 0 heterocycles. The van der Waals surface area contributed by atoms with Crippen LogP contribution in [0.25, 0.3) is 0 Å². The summed E-state index contributed by atoms with van der Waals surface area (Å²) in [6, 6.07) is 0. The SMILES string of the molecule is C=C(C)\C=C/C(=C\CC)C(/C=C\C)=C/C. The van der Waals surface area contributed by atoms with Crippen molar-refractivity contribution in [1.29, 1.82) is 0 Å². The van der Waals surface area contributed by atoms with Crippen LogP contribution < -0.4 is 0 Å². The molecular formula is C15H22. The number of allylic oxidation sites excluding steroid dienone is 9. The summed E-state index contributed by atoms with van der Waals surface area (Å²) in [4.78, 5) is 0. The largest absolute Gasteiger partial charge is 0.0961 e. The van der Waals surface area contributed by atoms with E-state index in [0.717, 1.165) is 12.0 Å². The maximum absolute atomic E-state index is 3.87. The molecule has 0 aliphatic carbocycles. The van der Waals surface area contributed by atoms with Crippen molar-refractivity contribution in [3.8, 4) is 0 Å². The first-order chi connectivity index (χ1) is 7.15. The molecule has 0 saturated heterocycles. The molecule has 0 aromatic heterocycles. The monoisotopic (exact) mass is 202 g/mol. The smallest absolute Gasteiger partial charge is 0.0227 e. The van der Waals surface area contributed by atoms with Gasteiger partial charge in [-0.25, -0.2) is 0 Å². The minimum atomic E-state index is 1.05. The van der Waals surface area contributed by atoms with Gasteiger partial charge in [0.05, 0.1) is 0 Å². The Morgan fingerprint density at radius 3 is 2.13 bits per heavy atom. The van der Waals surface area contributed by atoms with E-state index in [1.165, 1.54) is 11.1 Å². The van der Waals surface area contributed by atoms with Gasteiger partial charge in [0, 0.05) is 0 Å². The Morgan fingerprint density at radius 2 is 1.73 bits per heavy atom. The highest BCUT2D eigenvalue weighted by Crippen LogP contribution is 2.15. The van der Waals surface area contributed by atoms with Gasteiger partial charge in [-0.1, -0.05) is 55.5 Å². The summed E-state index contributed by atoms with van der Waals surface area (Å²) in [5.74, 6) is 0. The van der Waals surface area contributed by atoms with E-state index >= 15 is 0 Å². The second-order valence-electron chi connectivity index (χ2n) is 3.49. The molecule has 0 bridgehead atoms. The van der Waals surface area contributed by atoms with E-state index in [1.54, 1.807) is 0 Å². The molecule has 82 valence electrons. The molecule has 0 saturated carbocycles. The molecule has 0 N–H and O–H groups in total. The molecule has 0 radical (unpaired) electrons. The van der Waals surface area contributed by atoms with E-state index in [2.05, 4.69) is 56.9 Å². The van der Waals surface area contributed by atoms with Crippen LogP contribution in [0.1, 0.15) is 34.1 Å². The Hall–Kier alpha value is -1.30. The van der Waals surface area contributed by atoms with Gasteiger partial charge in [0.1, 0.15) is 0 Å². The summed E-state index contributed by atoms with van der Waals surface area (Å²) in [5.41, 5.74) is 3.60. The van der Waals surface area contributed by atoms with Crippen molar-refractivity contribution in [3.05, 3.63) is 59.8 Å². The van der Waals surface area contributed by atoms with Gasteiger partial charge in [0.15, 0.2) is 0 Å². The third kappa shape index (κ3) is 5.90. The Bertz CT molecular complexity index is 309. The van der Waals surface area contributed by atoms with E-state index in [-0.39, 0.29) is 0 Å². The first-order valence-electron chi connectivity index (χ1n) is 5.48. The van der Waals surface area contributed by atoms with E-state index in [1.807, 2.05) is 13.8 Å². The Kier molecular flexibility index (Phi) is 7.35. The van der Waals surface area contributed by atoms with Gasteiger partial charge in [-0.05, 0) is 38.3 Å². The van der Waals surface area contributed by atoms with Crippen molar-refractivity contribution in [3.63, 3.8) is 0 Å². The molecule has 0 unspecified atom stereocenters. The van der Waals surface area contributed by atoms with Crippen LogP contribution in [0.4, 0.5) is 0 Å². The fourth-order valence-corrected chi connectivity index (χ4v) is 1.27. The fraction of sp³-hybridized carbons (Fsp3) is 0.333. The van der Waals surface area contributed by atoms with Crippen molar-refractivity contribution in [1.82, 2.24) is 0 Å². The summed E-state index contributed by atoms with van der Waals surface area (Å²) >= 11 is 0. The van der Waals surface area contributed by atoms with Crippen molar-refractivity contribution in [2.75, 3.05) is 0 Å². The lowest BCUT2D eigenvalue weighted by Crippen LogP contribution is -1.83. The average Bonchev–Trinajstić information content (AvgIpc) is 2.21. The molecule has 0 amide bonds. The standard InChI is InChI=1S/C15H22/c1-6-9-14(8-3)15(10-7-2)12-11-13(4)5/h6,8-12H,4,7H2,1-3,5H3/b9-6-,12-11-,14-8+,15-10+. The van der Waals surface area contributed by atoms with Crippen molar-refractivity contribution in [2.45, 2.75) is 34.1 Å². The van der Waals surface area contributed by atoms with Gasteiger partial charge < -0.3 is 0 Å². The number of hydrogen-bond acceptors (Lipinski definition) is 0. The van der Waals surface area contributed by atoms with Gasteiger partial charge in [-0.2, -0.15) is 0 Å². The van der Waals surface area contributed by atoms with Gasteiger partial charge in [-0.3, -0.25) is 0 Å². The van der Waals surface area contributed by atoms with Gasteiger partial charge in [-0.15, -0.1) is 0 Å². The van der Waals surface area contributed by atoms with Crippen molar-refractivity contribution >= 4 is 0 Å². The van der Waals surface area contributed by atoms with Crippen LogP contribution in [-0.4, -0.2) is 0 Å². The normalized spacial score (nSPS) is 14.1. The van der Waals surface area contributed by atoms with Crippen molar-refractivity contribution in [2.24, 2.45) is 0 Å². The molecule has 0 aliphatic heterocycles. The van der Waals surface area contributed by atoms with Crippen LogP contribution in [0.15, 0.2) is 59.8 Å². The minimum absolute atomic E-state index is 1.05. The Labute approximate surface area is 94.4 Å². The van der Waals surface area contributed by atoms with Crippen LogP contribution in [0.5, 0.6) is 0 Å². The average molecular weight is 202 g/mol. The minimum Gasteiger partial charge on any atom is -0.0961 e. The maximum atomic E-state index is 3.87. The second kappa shape index (κ2) is 8.05. The fourth-order valence-electron chi connectivity index (χ4n) is 1.27. The quantitative estimate of drug-likeness (QED) is 0.552. The predicted molar refractivity (Wildman–Crippen MR) is 70.9 cm³/mol. The third-order valence-corrected chi connectivity index (χ3v) is 1.96. The summed E-state index contributed by atoms with van der Waals surface area (Å²) < 4.78 is 0. The first-order valence-corrected chi connectivity index (χ1v) is 5.48. The lowest BCUT2D eigenvalue weighted by atomic mass is 10.0. The third-order valence-electron chi connectivity index (χ3n) is 1.96. The molecule has 0 atom stereocenters. The lowest BCUT2D eigenvalue weighted by molar-refractivity contribution is 1.20. The Balaban J connectivity index is 4.97. The maximum Gasteiger partial charge on any atom is -0.0227 e. The number of rotatable bonds is 5. The van der Waals surface area contributed by atoms with Crippen molar-refractivity contribution < 1.29 is 0 Å². The number of hydrogen-bond donors (Lipinski definition) is 0. The molecule has 0 heteroatoms. The highest BCUT2D eigenvalue weighted by Gasteiger charge is 1.95. The lowest BCUT2D eigenvalue weighted by Gasteiger charge is -2.03. The zero-order valence-corrected chi connectivity index (χ0v) is 10.4. The molecule has 0 spiro atoms. The summed E-state index contributed by atoms with van der Waals surface area (Å²) in [5, 5.41) is 0. The van der Waals surface area contributed by atoms with Crippen LogP contribution in [-0.2, 0) is 0 Å². The topological polar surface area (TPSA) is 0 Å². The van der Waals surface area contributed by atoms with E-state index in [0.29, 0.717) is 0 Å². The Morgan fingerprint density at radius 1 is 1.07 bits per heavy atom. The van der Waals surface area contributed by atoms with E-state index in [9.17, 15) is 0 Å². The predicted octanol–water partition coefficient (Wildman–Crippen LogP) is 4.98. The molecule has 0 aliphatic rings. The second-order valence-corrected chi connectivity index (χ2v) is 3.49. The summed E-state index contributed by atoms with van der Waals surface area (Å²) in [7, 11) is 0. The molecule has 0 rings (SSSR count). The zero-order valence-electron chi connectivity index (χ0n) is 10.4.